The van der Waals surface area contributed by atoms with Crippen LogP contribution in [0.15, 0.2) is 6.20 Å². The number of ether oxygens (including phenoxy) is 4. The summed E-state index contributed by atoms with van der Waals surface area (Å²) in [4.78, 5) is 51.4. The summed E-state index contributed by atoms with van der Waals surface area (Å²) >= 11 is 0. The molecule has 0 amide bonds. The van der Waals surface area contributed by atoms with Crippen molar-refractivity contribution in [3.8, 4) is 0 Å². The van der Waals surface area contributed by atoms with E-state index in [1.807, 2.05) is 0 Å². The lowest BCUT2D eigenvalue weighted by molar-refractivity contribution is -0.165. The van der Waals surface area contributed by atoms with Gasteiger partial charge in [-0.05, 0) is 0 Å². The highest BCUT2D eigenvalue weighted by atomic mass is 16.6. The number of aromatic carboxylic acids is 1. The number of hydrogen-bond donors (Lipinski definition) is 2. The van der Waals surface area contributed by atoms with Crippen LogP contribution in [-0.2, 0) is 33.3 Å². The standard InChI is InChI=1S/C15H18N2O9/c1-6(18)23-5-10-11(24-7(2)19)12(25-8(3)20)13(26-10)14-16-4-9(17-14)15(21)22/h4,10-13H,5H2,1-3H3,(H,16,17)(H,21,22)/t10-,11-,12-,13-/m1/s1. The van der Waals surface area contributed by atoms with Gasteiger partial charge >= 0.3 is 23.9 Å². The van der Waals surface area contributed by atoms with E-state index in [0.717, 1.165) is 20.0 Å². The molecule has 0 saturated carbocycles. The van der Waals surface area contributed by atoms with Gasteiger partial charge in [0.2, 0.25) is 0 Å². The number of carbonyl (C=O) groups is 4. The minimum atomic E-state index is -1.24. The summed E-state index contributed by atoms with van der Waals surface area (Å²) in [5.74, 6) is -3.07. The SMILES string of the molecule is CC(=O)OC[C@H]1O[C@@H](c2ncc(C(=O)O)[nH]2)[C@H](OC(C)=O)[C@@H]1OC(C)=O. The smallest absolute Gasteiger partial charge is 0.353 e. The Morgan fingerprint density at radius 3 is 2.23 bits per heavy atom. The molecule has 2 rings (SSSR count). The van der Waals surface area contributed by atoms with Crippen LogP contribution in [-0.4, -0.2) is 63.9 Å². The Morgan fingerprint density at radius 2 is 1.73 bits per heavy atom. The van der Waals surface area contributed by atoms with E-state index in [1.165, 1.54) is 6.92 Å². The number of rotatable bonds is 6. The molecule has 0 aliphatic carbocycles. The number of H-pyrrole nitrogens is 1. The van der Waals surface area contributed by atoms with Gasteiger partial charge in [-0.25, -0.2) is 9.78 Å². The molecular formula is C15H18N2O9. The van der Waals surface area contributed by atoms with Crippen molar-refractivity contribution in [1.29, 1.82) is 0 Å². The van der Waals surface area contributed by atoms with Crippen molar-refractivity contribution in [2.45, 2.75) is 45.2 Å². The summed E-state index contributed by atoms with van der Waals surface area (Å²) in [6.07, 6.45) is -3.08. The second-order valence-electron chi connectivity index (χ2n) is 5.53. The molecule has 1 aromatic heterocycles. The van der Waals surface area contributed by atoms with Gasteiger partial charge in [-0.3, -0.25) is 14.4 Å². The third-order valence-corrected chi connectivity index (χ3v) is 3.46. The van der Waals surface area contributed by atoms with E-state index < -0.39 is 48.3 Å². The zero-order chi connectivity index (χ0) is 19.4. The molecule has 2 heterocycles. The molecule has 0 aromatic carbocycles. The van der Waals surface area contributed by atoms with Crippen molar-refractivity contribution in [2.75, 3.05) is 6.61 Å². The van der Waals surface area contributed by atoms with Crippen molar-refractivity contribution in [3.05, 3.63) is 17.7 Å². The minimum Gasteiger partial charge on any atom is -0.477 e. The van der Waals surface area contributed by atoms with E-state index in [9.17, 15) is 19.2 Å². The Balaban J connectivity index is 2.33. The van der Waals surface area contributed by atoms with Crippen molar-refractivity contribution in [2.24, 2.45) is 0 Å². The number of aromatic amines is 1. The summed E-state index contributed by atoms with van der Waals surface area (Å²) < 4.78 is 21.0. The van der Waals surface area contributed by atoms with Crippen LogP contribution in [0.2, 0.25) is 0 Å². The molecule has 0 unspecified atom stereocenters. The Kier molecular flexibility index (Phi) is 5.93. The molecule has 1 fully saturated rings. The zero-order valence-corrected chi connectivity index (χ0v) is 14.3. The van der Waals surface area contributed by atoms with Crippen LogP contribution in [0, 0.1) is 0 Å². The summed E-state index contributed by atoms with van der Waals surface area (Å²) in [5.41, 5.74) is -0.197. The maximum absolute atomic E-state index is 11.5. The van der Waals surface area contributed by atoms with Crippen LogP contribution in [0.25, 0.3) is 0 Å². The van der Waals surface area contributed by atoms with Crippen LogP contribution in [0.5, 0.6) is 0 Å². The summed E-state index contributed by atoms with van der Waals surface area (Å²) in [6, 6.07) is 0. The van der Waals surface area contributed by atoms with Gasteiger partial charge in [0.05, 0.1) is 6.20 Å². The molecule has 26 heavy (non-hydrogen) atoms. The lowest BCUT2D eigenvalue weighted by Crippen LogP contribution is -2.40. The fourth-order valence-electron chi connectivity index (χ4n) is 2.53. The molecular weight excluding hydrogens is 352 g/mol. The van der Waals surface area contributed by atoms with Crippen LogP contribution < -0.4 is 0 Å². The summed E-state index contributed by atoms with van der Waals surface area (Å²) in [6.45, 7) is 3.26. The third kappa shape index (κ3) is 4.57. The van der Waals surface area contributed by atoms with Crippen LogP contribution in [0.1, 0.15) is 43.2 Å². The minimum absolute atomic E-state index is 0.0659. The summed E-state index contributed by atoms with van der Waals surface area (Å²) in [7, 11) is 0. The number of carbonyl (C=O) groups excluding carboxylic acids is 3. The first-order valence-corrected chi connectivity index (χ1v) is 7.60. The third-order valence-electron chi connectivity index (χ3n) is 3.46. The number of nitrogens with zero attached hydrogens (tertiary/aromatic N) is 1. The Hall–Kier alpha value is -2.95. The lowest BCUT2D eigenvalue weighted by atomic mass is 10.1. The van der Waals surface area contributed by atoms with Crippen LogP contribution in [0.3, 0.4) is 0 Å². The molecule has 11 nitrogen and oxygen atoms in total. The second-order valence-corrected chi connectivity index (χ2v) is 5.53. The normalized spacial score (nSPS) is 24.7. The topological polar surface area (TPSA) is 154 Å². The number of hydrogen-bond acceptors (Lipinski definition) is 9. The molecule has 2 N–H and O–H groups in total. The van der Waals surface area contributed by atoms with Gasteiger partial charge in [-0.2, -0.15) is 0 Å². The fraction of sp³-hybridized carbons (Fsp3) is 0.533. The molecule has 0 spiro atoms. The predicted octanol–water partition coefficient (Wildman–Crippen LogP) is -0.0257. The van der Waals surface area contributed by atoms with Crippen molar-refractivity contribution < 1.29 is 43.2 Å². The number of esters is 3. The van der Waals surface area contributed by atoms with Crippen molar-refractivity contribution >= 4 is 23.9 Å². The van der Waals surface area contributed by atoms with E-state index in [1.54, 1.807) is 0 Å². The van der Waals surface area contributed by atoms with E-state index >= 15 is 0 Å². The van der Waals surface area contributed by atoms with Gasteiger partial charge < -0.3 is 29.0 Å². The quantitative estimate of drug-likeness (QED) is 0.515. The van der Waals surface area contributed by atoms with Gasteiger partial charge in [0.15, 0.2) is 18.3 Å². The monoisotopic (exact) mass is 370 g/mol. The summed E-state index contributed by atoms with van der Waals surface area (Å²) in [5, 5.41) is 9.00. The van der Waals surface area contributed by atoms with E-state index in [4.69, 9.17) is 24.1 Å². The molecule has 0 radical (unpaired) electrons. The Bertz CT molecular complexity index is 714. The first kappa shape index (κ1) is 19.4. The van der Waals surface area contributed by atoms with E-state index in [0.29, 0.717) is 0 Å². The van der Waals surface area contributed by atoms with Crippen LogP contribution in [0.4, 0.5) is 0 Å². The first-order valence-electron chi connectivity index (χ1n) is 7.60. The second kappa shape index (κ2) is 7.95. The molecule has 1 aliphatic rings. The van der Waals surface area contributed by atoms with Crippen LogP contribution >= 0.6 is 0 Å². The maximum atomic E-state index is 11.5. The highest BCUT2D eigenvalue weighted by Gasteiger charge is 2.51. The van der Waals surface area contributed by atoms with Crippen molar-refractivity contribution in [1.82, 2.24) is 9.97 Å². The predicted molar refractivity (Wildman–Crippen MR) is 80.9 cm³/mol. The molecule has 142 valence electrons. The fourth-order valence-corrected chi connectivity index (χ4v) is 2.53. The number of nitrogens with one attached hydrogen (secondary N) is 1. The molecule has 1 aliphatic heterocycles. The molecule has 1 aromatic rings. The first-order chi connectivity index (χ1) is 12.2. The highest BCUT2D eigenvalue weighted by Crippen LogP contribution is 2.36. The van der Waals surface area contributed by atoms with E-state index in [-0.39, 0.29) is 18.1 Å². The molecule has 1 saturated heterocycles. The molecule has 0 bridgehead atoms. The van der Waals surface area contributed by atoms with Gasteiger partial charge in [-0.15, -0.1) is 0 Å². The average Bonchev–Trinajstić information content (AvgIpc) is 3.11. The lowest BCUT2D eigenvalue weighted by Gasteiger charge is -2.22. The molecule has 11 heteroatoms. The molecule has 4 atom stereocenters. The Labute approximate surface area is 147 Å². The van der Waals surface area contributed by atoms with E-state index in [2.05, 4.69) is 9.97 Å². The highest BCUT2D eigenvalue weighted by molar-refractivity contribution is 5.85. The Morgan fingerprint density at radius 1 is 1.12 bits per heavy atom. The zero-order valence-electron chi connectivity index (χ0n) is 14.3. The number of imidazole rings is 1. The number of carboxylic acid groups (broad SMARTS) is 1. The number of carboxylic acids is 1. The largest absolute Gasteiger partial charge is 0.477 e. The average molecular weight is 370 g/mol. The van der Waals surface area contributed by atoms with Gasteiger partial charge in [0.25, 0.3) is 0 Å². The van der Waals surface area contributed by atoms with Gasteiger partial charge in [0, 0.05) is 20.8 Å². The van der Waals surface area contributed by atoms with Gasteiger partial charge in [-0.1, -0.05) is 0 Å². The number of aromatic nitrogens is 2. The maximum Gasteiger partial charge on any atom is 0.353 e. The van der Waals surface area contributed by atoms with Gasteiger partial charge in [0.1, 0.15) is 24.2 Å². The van der Waals surface area contributed by atoms with Crippen molar-refractivity contribution in [3.63, 3.8) is 0 Å².